The standard InChI is InChI=1S/C16H30O3/c1-3-15-16(19-15)12-10-8-6-4-5-7-9-11-13-18-14(2)17/h15-16H,3-13H2,1-2H3. The Bertz CT molecular complexity index is 240. The molecule has 1 rings (SSSR count). The topological polar surface area (TPSA) is 38.8 Å². The third-order valence-electron chi connectivity index (χ3n) is 3.78. The zero-order chi connectivity index (χ0) is 13.9. The van der Waals surface area contributed by atoms with Crippen LogP contribution < -0.4 is 0 Å². The zero-order valence-corrected chi connectivity index (χ0v) is 12.7. The molecule has 1 aliphatic heterocycles. The van der Waals surface area contributed by atoms with E-state index in [2.05, 4.69) is 6.92 Å². The van der Waals surface area contributed by atoms with Crippen molar-refractivity contribution in [2.75, 3.05) is 6.61 Å². The van der Waals surface area contributed by atoms with Gasteiger partial charge in [0.15, 0.2) is 0 Å². The van der Waals surface area contributed by atoms with Gasteiger partial charge in [0.2, 0.25) is 0 Å². The van der Waals surface area contributed by atoms with Crippen LogP contribution in [0.4, 0.5) is 0 Å². The summed E-state index contributed by atoms with van der Waals surface area (Å²) in [6, 6.07) is 0. The highest BCUT2D eigenvalue weighted by Gasteiger charge is 2.35. The van der Waals surface area contributed by atoms with Crippen LogP contribution in [0, 0.1) is 0 Å². The number of epoxide rings is 1. The largest absolute Gasteiger partial charge is 0.466 e. The molecule has 0 spiro atoms. The van der Waals surface area contributed by atoms with Crippen molar-refractivity contribution in [1.82, 2.24) is 0 Å². The molecule has 0 saturated carbocycles. The van der Waals surface area contributed by atoms with Crippen molar-refractivity contribution in [3.05, 3.63) is 0 Å². The summed E-state index contributed by atoms with van der Waals surface area (Å²) in [4.78, 5) is 10.5. The van der Waals surface area contributed by atoms with Gasteiger partial charge in [0.25, 0.3) is 0 Å². The molecule has 0 aliphatic carbocycles. The molecule has 0 radical (unpaired) electrons. The van der Waals surface area contributed by atoms with E-state index in [-0.39, 0.29) is 5.97 Å². The van der Waals surface area contributed by atoms with E-state index in [0.717, 1.165) is 6.42 Å². The van der Waals surface area contributed by atoms with Crippen LogP contribution in [0.5, 0.6) is 0 Å². The maximum Gasteiger partial charge on any atom is 0.302 e. The van der Waals surface area contributed by atoms with Gasteiger partial charge in [-0.05, 0) is 19.3 Å². The molecule has 3 heteroatoms. The number of esters is 1. The Labute approximate surface area is 118 Å². The molecule has 3 nitrogen and oxygen atoms in total. The highest BCUT2D eigenvalue weighted by Crippen LogP contribution is 2.29. The van der Waals surface area contributed by atoms with Gasteiger partial charge in [0, 0.05) is 6.92 Å². The minimum Gasteiger partial charge on any atom is -0.466 e. The van der Waals surface area contributed by atoms with Crippen LogP contribution in [0.2, 0.25) is 0 Å². The van der Waals surface area contributed by atoms with Crippen LogP contribution in [0.1, 0.15) is 78.1 Å². The van der Waals surface area contributed by atoms with Crippen molar-refractivity contribution in [3.63, 3.8) is 0 Å². The first kappa shape index (κ1) is 16.5. The lowest BCUT2D eigenvalue weighted by Gasteiger charge is -2.03. The van der Waals surface area contributed by atoms with Crippen LogP contribution in [0.15, 0.2) is 0 Å². The normalized spacial score (nSPS) is 21.4. The summed E-state index contributed by atoms with van der Waals surface area (Å²) in [5.41, 5.74) is 0. The quantitative estimate of drug-likeness (QED) is 0.302. The maximum atomic E-state index is 10.5. The monoisotopic (exact) mass is 270 g/mol. The van der Waals surface area contributed by atoms with Gasteiger partial charge in [-0.25, -0.2) is 0 Å². The lowest BCUT2D eigenvalue weighted by Crippen LogP contribution is -2.00. The Morgan fingerprint density at radius 1 is 0.947 bits per heavy atom. The lowest BCUT2D eigenvalue weighted by atomic mass is 10.1. The van der Waals surface area contributed by atoms with E-state index in [9.17, 15) is 4.79 Å². The zero-order valence-electron chi connectivity index (χ0n) is 12.7. The van der Waals surface area contributed by atoms with E-state index in [0.29, 0.717) is 18.8 Å². The number of hydrogen-bond acceptors (Lipinski definition) is 3. The molecule has 112 valence electrons. The number of ether oxygens (including phenoxy) is 2. The molecule has 1 fully saturated rings. The fourth-order valence-corrected chi connectivity index (χ4v) is 2.52. The van der Waals surface area contributed by atoms with E-state index >= 15 is 0 Å². The number of carbonyl (C=O) groups excluding carboxylic acids is 1. The molecule has 1 heterocycles. The molecular weight excluding hydrogens is 240 g/mol. The van der Waals surface area contributed by atoms with Gasteiger partial charge in [-0.1, -0.05) is 51.9 Å². The van der Waals surface area contributed by atoms with E-state index in [1.165, 1.54) is 64.7 Å². The summed E-state index contributed by atoms with van der Waals surface area (Å²) in [6.07, 6.45) is 13.8. The van der Waals surface area contributed by atoms with Crippen molar-refractivity contribution in [3.8, 4) is 0 Å². The van der Waals surface area contributed by atoms with Gasteiger partial charge in [-0.15, -0.1) is 0 Å². The first-order valence-corrected chi connectivity index (χ1v) is 8.03. The van der Waals surface area contributed by atoms with Gasteiger partial charge in [-0.2, -0.15) is 0 Å². The van der Waals surface area contributed by atoms with Gasteiger partial charge < -0.3 is 9.47 Å². The highest BCUT2D eigenvalue weighted by atomic mass is 16.6. The average molecular weight is 270 g/mol. The summed E-state index contributed by atoms with van der Waals surface area (Å²) in [5, 5.41) is 0. The Hall–Kier alpha value is -0.570. The van der Waals surface area contributed by atoms with E-state index in [4.69, 9.17) is 9.47 Å². The smallest absolute Gasteiger partial charge is 0.302 e. The first-order chi connectivity index (χ1) is 9.24. The number of carbonyl (C=O) groups is 1. The predicted molar refractivity (Wildman–Crippen MR) is 77.1 cm³/mol. The van der Waals surface area contributed by atoms with Crippen molar-refractivity contribution < 1.29 is 14.3 Å². The maximum absolute atomic E-state index is 10.5. The van der Waals surface area contributed by atoms with Crippen molar-refractivity contribution in [2.24, 2.45) is 0 Å². The summed E-state index contributed by atoms with van der Waals surface area (Å²) in [7, 11) is 0. The van der Waals surface area contributed by atoms with Crippen LogP contribution in [0.25, 0.3) is 0 Å². The third kappa shape index (κ3) is 9.04. The second-order valence-electron chi connectivity index (χ2n) is 5.58. The Morgan fingerprint density at radius 2 is 1.53 bits per heavy atom. The number of unbranched alkanes of at least 4 members (excludes halogenated alkanes) is 7. The Balaban J connectivity index is 1.69. The molecule has 0 aromatic heterocycles. The summed E-state index contributed by atoms with van der Waals surface area (Å²) >= 11 is 0. The van der Waals surface area contributed by atoms with Gasteiger partial charge in [0.1, 0.15) is 0 Å². The summed E-state index contributed by atoms with van der Waals surface area (Å²) in [5.74, 6) is -0.162. The molecule has 2 unspecified atom stereocenters. The summed E-state index contributed by atoms with van der Waals surface area (Å²) < 4.78 is 10.4. The van der Waals surface area contributed by atoms with Crippen molar-refractivity contribution in [2.45, 2.75) is 90.3 Å². The SMILES string of the molecule is CCC1OC1CCCCCCCCCCOC(C)=O. The molecule has 0 aromatic carbocycles. The average Bonchev–Trinajstić information content (AvgIpc) is 3.14. The molecule has 0 amide bonds. The molecule has 1 saturated heterocycles. The number of rotatable bonds is 12. The second-order valence-corrected chi connectivity index (χ2v) is 5.58. The van der Waals surface area contributed by atoms with Crippen LogP contribution in [-0.2, 0) is 14.3 Å². The molecule has 0 aromatic rings. The Morgan fingerprint density at radius 3 is 2.05 bits per heavy atom. The minimum absolute atomic E-state index is 0.162. The minimum atomic E-state index is -0.162. The molecule has 0 bridgehead atoms. The first-order valence-electron chi connectivity index (χ1n) is 8.03. The third-order valence-corrected chi connectivity index (χ3v) is 3.78. The van der Waals surface area contributed by atoms with Crippen molar-refractivity contribution >= 4 is 5.97 Å². The van der Waals surface area contributed by atoms with Crippen molar-refractivity contribution in [1.29, 1.82) is 0 Å². The van der Waals surface area contributed by atoms with Gasteiger partial charge in [-0.3, -0.25) is 4.79 Å². The van der Waals surface area contributed by atoms with Crippen LogP contribution >= 0.6 is 0 Å². The molecule has 0 N–H and O–H groups in total. The molecule has 19 heavy (non-hydrogen) atoms. The summed E-state index contributed by atoms with van der Waals surface area (Å²) in [6.45, 7) is 4.26. The fraction of sp³-hybridized carbons (Fsp3) is 0.938. The highest BCUT2D eigenvalue weighted by molar-refractivity contribution is 5.65. The van der Waals surface area contributed by atoms with Gasteiger partial charge in [0.05, 0.1) is 18.8 Å². The van der Waals surface area contributed by atoms with Crippen LogP contribution in [0.3, 0.4) is 0 Å². The number of hydrogen-bond donors (Lipinski definition) is 0. The Kier molecular flexibility index (Phi) is 8.89. The molecule has 1 aliphatic rings. The fourth-order valence-electron chi connectivity index (χ4n) is 2.52. The van der Waals surface area contributed by atoms with E-state index < -0.39 is 0 Å². The second kappa shape index (κ2) is 10.2. The van der Waals surface area contributed by atoms with Crippen LogP contribution in [-0.4, -0.2) is 24.8 Å². The van der Waals surface area contributed by atoms with E-state index in [1.54, 1.807) is 0 Å². The predicted octanol–water partition coefficient (Wildman–Crippen LogP) is 4.24. The van der Waals surface area contributed by atoms with Gasteiger partial charge >= 0.3 is 5.97 Å². The lowest BCUT2D eigenvalue weighted by molar-refractivity contribution is -0.141. The van der Waals surface area contributed by atoms with E-state index in [1.807, 2.05) is 0 Å². The molecular formula is C16H30O3. The molecule has 2 atom stereocenters.